The molecule has 0 spiro atoms. The smallest absolute Gasteiger partial charge is 0.397 e. The molecule has 142 valence electrons. The standard InChI is InChI=1S/C19H13F3N4O2/c20-19(21,22)8-16(27)25-13-2-1-3-14-17(13)11(18(28)26-14)6-10-4-5-12-15(7-10)24-9-23-12/h1-7,9,26,28H,8H2,(H,25,27)/b10-6+. The Morgan fingerprint density at radius 3 is 2.86 bits per heavy atom. The number of hydrogen-bond acceptors (Lipinski definition) is 4. The van der Waals surface area contributed by atoms with Gasteiger partial charge in [0.05, 0.1) is 22.2 Å². The number of halogens is 3. The lowest BCUT2D eigenvalue weighted by Crippen LogP contribution is -2.21. The Balaban J connectivity index is 1.80. The number of aromatic nitrogens is 1. The summed E-state index contributed by atoms with van der Waals surface area (Å²) in [5.41, 5.74) is 1.66. The number of rotatable bonds is 3. The van der Waals surface area contributed by atoms with Gasteiger partial charge in [-0.15, -0.1) is 0 Å². The molecule has 0 atom stereocenters. The highest BCUT2D eigenvalue weighted by Crippen LogP contribution is 2.34. The van der Waals surface area contributed by atoms with E-state index in [0.717, 1.165) is 5.36 Å². The summed E-state index contributed by atoms with van der Waals surface area (Å²) in [5.74, 6) is -1.35. The molecule has 2 aromatic carbocycles. The van der Waals surface area contributed by atoms with E-state index < -0.39 is 18.5 Å². The molecule has 4 rings (SSSR count). The fraction of sp³-hybridized carbons (Fsp3) is 0.105. The molecular formula is C19H13F3N4O2. The van der Waals surface area contributed by atoms with E-state index in [4.69, 9.17) is 0 Å². The average Bonchev–Trinajstić information content (AvgIpc) is 3.18. The lowest BCUT2D eigenvalue weighted by atomic mass is 10.1. The molecule has 28 heavy (non-hydrogen) atoms. The van der Waals surface area contributed by atoms with Crippen LogP contribution in [-0.4, -0.2) is 28.5 Å². The SMILES string of the molecule is O=C(CC(F)(F)F)Nc1cccc2[nH]c(O)c(/C=c3\ccc4c(c3)N=CN=4)c12. The molecular weight excluding hydrogens is 373 g/mol. The molecule has 0 saturated heterocycles. The summed E-state index contributed by atoms with van der Waals surface area (Å²) in [6, 6.07) is 10.0. The van der Waals surface area contributed by atoms with Crippen LogP contribution in [0.3, 0.4) is 0 Å². The second-order valence-corrected chi connectivity index (χ2v) is 6.22. The number of alkyl halides is 3. The minimum atomic E-state index is -4.61. The first kappa shape index (κ1) is 17.8. The average molecular weight is 386 g/mol. The molecule has 2 heterocycles. The minimum Gasteiger partial charge on any atom is -0.494 e. The Hall–Kier alpha value is -3.62. The number of aromatic amines is 1. The molecule has 0 bridgehead atoms. The van der Waals surface area contributed by atoms with Crippen molar-refractivity contribution >= 4 is 40.6 Å². The number of nitrogens with one attached hydrogen (secondary N) is 2. The van der Waals surface area contributed by atoms with Crippen molar-refractivity contribution in [3.8, 4) is 5.88 Å². The van der Waals surface area contributed by atoms with Gasteiger partial charge in [0.15, 0.2) is 5.88 Å². The largest absolute Gasteiger partial charge is 0.494 e. The third kappa shape index (κ3) is 3.46. The van der Waals surface area contributed by atoms with Gasteiger partial charge in [0.25, 0.3) is 0 Å². The zero-order chi connectivity index (χ0) is 19.9. The number of H-pyrrole nitrogens is 1. The molecule has 9 heteroatoms. The minimum absolute atomic E-state index is 0.166. The second-order valence-electron chi connectivity index (χ2n) is 6.22. The quantitative estimate of drug-likeness (QED) is 0.646. The number of nitrogens with zero attached hydrogens (tertiary/aromatic N) is 2. The van der Waals surface area contributed by atoms with Crippen LogP contribution in [0.4, 0.5) is 24.5 Å². The summed E-state index contributed by atoms with van der Waals surface area (Å²) in [5, 5.41) is 14.4. The molecule has 3 aromatic rings. The highest BCUT2D eigenvalue weighted by molar-refractivity contribution is 6.06. The third-order valence-electron chi connectivity index (χ3n) is 4.18. The highest BCUT2D eigenvalue weighted by Gasteiger charge is 2.31. The number of anilines is 1. The predicted molar refractivity (Wildman–Crippen MR) is 98.2 cm³/mol. The van der Waals surface area contributed by atoms with E-state index >= 15 is 0 Å². The Kier molecular flexibility index (Phi) is 4.14. The summed E-state index contributed by atoms with van der Waals surface area (Å²) in [6.07, 6.45) is -3.11. The molecule has 6 nitrogen and oxygen atoms in total. The third-order valence-corrected chi connectivity index (χ3v) is 4.18. The maximum atomic E-state index is 12.5. The topological polar surface area (TPSA) is 89.8 Å². The van der Waals surface area contributed by atoms with Crippen LogP contribution < -0.4 is 15.9 Å². The summed E-state index contributed by atoms with van der Waals surface area (Å²) >= 11 is 0. The van der Waals surface area contributed by atoms with Gasteiger partial charge in [-0.25, -0.2) is 9.98 Å². The van der Waals surface area contributed by atoms with Crippen molar-refractivity contribution in [2.24, 2.45) is 9.98 Å². The van der Waals surface area contributed by atoms with Crippen LogP contribution in [0.25, 0.3) is 17.0 Å². The Morgan fingerprint density at radius 2 is 2.07 bits per heavy atom. The summed E-state index contributed by atoms with van der Waals surface area (Å²) < 4.78 is 37.4. The number of aliphatic imine (C=N–C) groups is 1. The first-order chi connectivity index (χ1) is 13.3. The van der Waals surface area contributed by atoms with E-state index in [1.807, 2.05) is 0 Å². The van der Waals surface area contributed by atoms with Crippen LogP contribution in [0.2, 0.25) is 0 Å². The Morgan fingerprint density at radius 1 is 1.25 bits per heavy atom. The molecule has 1 amide bonds. The Labute approximate surface area is 155 Å². The first-order valence-corrected chi connectivity index (χ1v) is 8.22. The number of benzene rings is 2. The first-order valence-electron chi connectivity index (χ1n) is 8.22. The molecule has 0 saturated carbocycles. The fourth-order valence-corrected chi connectivity index (χ4v) is 3.04. The molecule has 1 aromatic heterocycles. The van der Waals surface area contributed by atoms with E-state index in [-0.39, 0.29) is 11.6 Å². The number of amides is 1. The number of aromatic hydroxyl groups is 1. The highest BCUT2D eigenvalue weighted by atomic mass is 19.4. The van der Waals surface area contributed by atoms with E-state index in [2.05, 4.69) is 20.3 Å². The molecule has 0 aliphatic carbocycles. The number of hydrogen-bond donors (Lipinski definition) is 3. The molecule has 0 unspecified atom stereocenters. The number of carbonyl (C=O) groups excluding carboxylic acids is 1. The normalized spacial score (nSPS) is 13.6. The van der Waals surface area contributed by atoms with Crippen LogP contribution in [0.1, 0.15) is 12.0 Å². The number of carbonyl (C=O) groups is 1. The van der Waals surface area contributed by atoms with Gasteiger partial charge in [0.1, 0.15) is 12.8 Å². The van der Waals surface area contributed by atoms with Crippen molar-refractivity contribution < 1.29 is 23.1 Å². The number of fused-ring (bicyclic) bond motifs is 2. The fourth-order valence-electron chi connectivity index (χ4n) is 3.04. The van der Waals surface area contributed by atoms with Gasteiger partial charge in [-0.3, -0.25) is 4.79 Å². The van der Waals surface area contributed by atoms with Crippen LogP contribution in [0, 0.1) is 0 Å². The van der Waals surface area contributed by atoms with Crippen molar-refractivity contribution in [1.82, 2.24) is 4.98 Å². The predicted octanol–water partition coefficient (Wildman–Crippen LogP) is 2.89. The molecule has 0 fully saturated rings. The maximum Gasteiger partial charge on any atom is 0.397 e. The molecule has 1 aliphatic rings. The van der Waals surface area contributed by atoms with Gasteiger partial charge in [0, 0.05) is 10.9 Å². The van der Waals surface area contributed by atoms with Crippen molar-refractivity contribution in [1.29, 1.82) is 0 Å². The lowest BCUT2D eigenvalue weighted by molar-refractivity contribution is -0.150. The maximum absolute atomic E-state index is 12.5. The zero-order valence-corrected chi connectivity index (χ0v) is 14.2. The van der Waals surface area contributed by atoms with Gasteiger partial charge in [0.2, 0.25) is 5.91 Å². The summed E-state index contributed by atoms with van der Waals surface area (Å²) in [4.78, 5) is 22.7. The lowest BCUT2D eigenvalue weighted by Gasteiger charge is -2.09. The van der Waals surface area contributed by atoms with Gasteiger partial charge in [-0.1, -0.05) is 12.1 Å². The van der Waals surface area contributed by atoms with E-state index in [0.29, 0.717) is 27.4 Å². The van der Waals surface area contributed by atoms with Crippen molar-refractivity contribution in [3.63, 3.8) is 0 Å². The van der Waals surface area contributed by atoms with Gasteiger partial charge >= 0.3 is 6.18 Å². The monoisotopic (exact) mass is 386 g/mol. The molecule has 0 radical (unpaired) electrons. The molecule has 3 N–H and O–H groups in total. The van der Waals surface area contributed by atoms with Crippen molar-refractivity contribution in [2.45, 2.75) is 12.6 Å². The van der Waals surface area contributed by atoms with E-state index in [1.54, 1.807) is 36.4 Å². The van der Waals surface area contributed by atoms with Crippen molar-refractivity contribution in [2.75, 3.05) is 5.32 Å². The summed E-state index contributed by atoms with van der Waals surface area (Å²) in [6.45, 7) is 0. The van der Waals surface area contributed by atoms with Crippen LogP contribution in [0.15, 0.2) is 46.4 Å². The van der Waals surface area contributed by atoms with Gasteiger partial charge in [-0.05, 0) is 35.6 Å². The van der Waals surface area contributed by atoms with Crippen LogP contribution in [-0.2, 0) is 4.79 Å². The van der Waals surface area contributed by atoms with E-state index in [1.165, 1.54) is 12.4 Å². The summed E-state index contributed by atoms with van der Waals surface area (Å²) in [7, 11) is 0. The molecule has 1 aliphatic heterocycles. The van der Waals surface area contributed by atoms with Gasteiger partial charge in [-0.2, -0.15) is 13.2 Å². The Bertz CT molecular complexity index is 1240. The van der Waals surface area contributed by atoms with Crippen LogP contribution in [0.5, 0.6) is 5.88 Å². The van der Waals surface area contributed by atoms with E-state index in [9.17, 15) is 23.1 Å². The van der Waals surface area contributed by atoms with Gasteiger partial charge < -0.3 is 15.4 Å². The zero-order valence-electron chi connectivity index (χ0n) is 14.2. The van der Waals surface area contributed by atoms with Crippen LogP contribution >= 0.6 is 0 Å². The second kappa shape index (κ2) is 6.52. The van der Waals surface area contributed by atoms with Crippen molar-refractivity contribution in [3.05, 3.63) is 52.5 Å².